The molecule has 130 valence electrons. The zero-order chi connectivity index (χ0) is 17.1. The van der Waals surface area contributed by atoms with E-state index in [-0.39, 0.29) is 0 Å². The fourth-order valence-corrected chi connectivity index (χ4v) is 4.36. The van der Waals surface area contributed by atoms with Crippen LogP contribution >= 0.6 is 0 Å². The SMILES string of the molecule is CC(C)S(=O)(=O)c1ccc2c(c1)nc(CC1(C)CC1)n2CC1CC1. The fraction of sp³-hybridized carbons (Fsp3) is 0.632. The molecule has 4 nitrogen and oxygen atoms in total. The maximum Gasteiger partial charge on any atom is 0.180 e. The summed E-state index contributed by atoms with van der Waals surface area (Å²) in [5.41, 5.74) is 2.32. The van der Waals surface area contributed by atoms with Crippen molar-refractivity contribution in [3.8, 4) is 0 Å². The first-order valence-corrected chi connectivity index (χ1v) is 10.6. The monoisotopic (exact) mass is 346 g/mol. The third kappa shape index (κ3) is 2.87. The highest BCUT2D eigenvalue weighted by Gasteiger charge is 2.39. The molecule has 1 aromatic heterocycles. The molecule has 2 aliphatic carbocycles. The van der Waals surface area contributed by atoms with Crippen LogP contribution in [-0.2, 0) is 22.8 Å². The lowest BCUT2D eigenvalue weighted by Gasteiger charge is -2.12. The molecule has 24 heavy (non-hydrogen) atoms. The van der Waals surface area contributed by atoms with Crippen molar-refractivity contribution in [2.75, 3.05) is 0 Å². The van der Waals surface area contributed by atoms with E-state index >= 15 is 0 Å². The second-order valence-corrected chi connectivity index (χ2v) is 10.8. The summed E-state index contributed by atoms with van der Waals surface area (Å²) in [6, 6.07) is 5.48. The average molecular weight is 346 g/mol. The smallest absolute Gasteiger partial charge is 0.180 e. The molecule has 0 bridgehead atoms. The highest BCUT2D eigenvalue weighted by atomic mass is 32.2. The van der Waals surface area contributed by atoms with Crippen LogP contribution in [0.5, 0.6) is 0 Å². The summed E-state index contributed by atoms with van der Waals surface area (Å²) in [5, 5.41) is -0.409. The predicted octanol–water partition coefficient (Wildman–Crippen LogP) is 3.97. The van der Waals surface area contributed by atoms with Crippen molar-refractivity contribution < 1.29 is 8.42 Å². The van der Waals surface area contributed by atoms with Gasteiger partial charge in [-0.1, -0.05) is 6.92 Å². The van der Waals surface area contributed by atoms with E-state index in [1.165, 1.54) is 25.7 Å². The van der Waals surface area contributed by atoms with Gasteiger partial charge in [-0.05, 0) is 69.1 Å². The topological polar surface area (TPSA) is 52.0 Å². The van der Waals surface area contributed by atoms with Gasteiger partial charge in [0.15, 0.2) is 9.84 Å². The van der Waals surface area contributed by atoms with Crippen molar-refractivity contribution in [3.63, 3.8) is 0 Å². The van der Waals surface area contributed by atoms with Crippen molar-refractivity contribution in [3.05, 3.63) is 24.0 Å². The van der Waals surface area contributed by atoms with Crippen LogP contribution in [0.25, 0.3) is 11.0 Å². The third-order valence-electron chi connectivity index (χ3n) is 5.57. The number of hydrogen-bond donors (Lipinski definition) is 0. The van der Waals surface area contributed by atoms with E-state index in [1.54, 1.807) is 26.0 Å². The van der Waals surface area contributed by atoms with E-state index < -0.39 is 15.1 Å². The molecule has 0 unspecified atom stereocenters. The van der Waals surface area contributed by atoms with Gasteiger partial charge in [-0.2, -0.15) is 0 Å². The fourth-order valence-electron chi connectivity index (χ4n) is 3.28. The minimum Gasteiger partial charge on any atom is -0.328 e. The highest BCUT2D eigenvalue weighted by molar-refractivity contribution is 7.92. The summed E-state index contributed by atoms with van der Waals surface area (Å²) in [6.07, 6.45) is 6.15. The van der Waals surface area contributed by atoms with E-state index in [0.29, 0.717) is 10.3 Å². The van der Waals surface area contributed by atoms with Crippen LogP contribution in [0.2, 0.25) is 0 Å². The van der Waals surface area contributed by atoms with Gasteiger partial charge in [0.05, 0.1) is 21.2 Å². The molecule has 5 heteroatoms. The summed E-state index contributed by atoms with van der Waals surface area (Å²) in [5.74, 6) is 1.91. The average Bonchev–Trinajstić information content (AvgIpc) is 3.42. The van der Waals surface area contributed by atoms with Crippen LogP contribution in [-0.4, -0.2) is 23.2 Å². The quantitative estimate of drug-likeness (QED) is 0.795. The molecule has 0 spiro atoms. The predicted molar refractivity (Wildman–Crippen MR) is 95.8 cm³/mol. The molecule has 2 fully saturated rings. The first-order valence-electron chi connectivity index (χ1n) is 9.02. The molecule has 0 N–H and O–H groups in total. The number of sulfone groups is 1. The number of fused-ring (bicyclic) bond motifs is 1. The van der Waals surface area contributed by atoms with Gasteiger partial charge in [-0.25, -0.2) is 13.4 Å². The molecule has 4 rings (SSSR count). The lowest BCUT2D eigenvalue weighted by atomic mass is 10.1. The number of imidazole rings is 1. The van der Waals surface area contributed by atoms with E-state index in [2.05, 4.69) is 11.5 Å². The molecule has 1 aromatic carbocycles. The van der Waals surface area contributed by atoms with E-state index in [4.69, 9.17) is 4.98 Å². The number of rotatable bonds is 6. The number of nitrogens with zero attached hydrogens (tertiary/aromatic N) is 2. The van der Waals surface area contributed by atoms with E-state index in [9.17, 15) is 8.42 Å². The van der Waals surface area contributed by atoms with E-state index in [0.717, 1.165) is 35.7 Å². The Hall–Kier alpha value is -1.36. The molecule has 2 saturated carbocycles. The van der Waals surface area contributed by atoms with Crippen LogP contribution in [0.4, 0.5) is 0 Å². The van der Waals surface area contributed by atoms with Crippen LogP contribution in [0.3, 0.4) is 0 Å². The van der Waals surface area contributed by atoms with Crippen LogP contribution in [0.1, 0.15) is 52.3 Å². The zero-order valence-electron chi connectivity index (χ0n) is 14.7. The summed E-state index contributed by atoms with van der Waals surface area (Å²) < 4.78 is 27.3. The van der Waals surface area contributed by atoms with Gasteiger partial charge in [0, 0.05) is 13.0 Å². The second-order valence-electron chi connectivity index (χ2n) is 8.31. The Morgan fingerprint density at radius 2 is 2.00 bits per heavy atom. The molecule has 0 radical (unpaired) electrons. The minimum atomic E-state index is -3.25. The van der Waals surface area contributed by atoms with Crippen molar-refractivity contribution in [1.29, 1.82) is 0 Å². The summed E-state index contributed by atoms with van der Waals surface area (Å²) >= 11 is 0. The molecule has 0 atom stereocenters. The third-order valence-corrected chi connectivity index (χ3v) is 7.73. The lowest BCUT2D eigenvalue weighted by molar-refractivity contribution is 0.515. The maximum absolute atomic E-state index is 12.5. The highest BCUT2D eigenvalue weighted by Crippen LogP contribution is 2.48. The number of aromatic nitrogens is 2. The second kappa shape index (κ2) is 5.32. The molecule has 0 saturated heterocycles. The van der Waals surface area contributed by atoms with Gasteiger partial charge < -0.3 is 4.57 Å². The Labute approximate surface area is 144 Å². The molecular formula is C19H26N2O2S. The summed E-state index contributed by atoms with van der Waals surface area (Å²) in [7, 11) is -3.25. The maximum atomic E-state index is 12.5. The lowest BCUT2D eigenvalue weighted by Crippen LogP contribution is -2.13. The van der Waals surface area contributed by atoms with Gasteiger partial charge in [-0.15, -0.1) is 0 Å². The van der Waals surface area contributed by atoms with Crippen LogP contribution in [0.15, 0.2) is 23.1 Å². The Balaban J connectivity index is 1.79. The largest absolute Gasteiger partial charge is 0.328 e. The summed E-state index contributed by atoms with van der Waals surface area (Å²) in [4.78, 5) is 5.24. The van der Waals surface area contributed by atoms with Gasteiger partial charge in [0.2, 0.25) is 0 Å². The molecule has 2 aromatic rings. The first kappa shape index (κ1) is 16.1. The van der Waals surface area contributed by atoms with Gasteiger partial charge in [-0.3, -0.25) is 0 Å². The van der Waals surface area contributed by atoms with Crippen molar-refractivity contribution in [1.82, 2.24) is 9.55 Å². The standard InChI is InChI=1S/C19H26N2O2S/c1-13(2)24(22,23)15-6-7-17-16(10-15)20-18(11-19(3)8-9-19)21(17)12-14-4-5-14/h6-7,10,13-14H,4-5,8-9,11-12H2,1-3H3. The van der Waals surface area contributed by atoms with Crippen molar-refractivity contribution in [2.24, 2.45) is 11.3 Å². The molecular weight excluding hydrogens is 320 g/mol. The number of hydrogen-bond acceptors (Lipinski definition) is 3. The normalized spacial score (nSPS) is 20.0. The molecule has 0 aliphatic heterocycles. The number of benzene rings is 1. The van der Waals surface area contributed by atoms with Gasteiger partial charge >= 0.3 is 0 Å². The minimum absolute atomic E-state index is 0.394. The Bertz CT molecular complexity index is 887. The molecule has 0 amide bonds. The van der Waals surface area contributed by atoms with Gasteiger partial charge in [0.25, 0.3) is 0 Å². The van der Waals surface area contributed by atoms with Crippen LogP contribution < -0.4 is 0 Å². The van der Waals surface area contributed by atoms with Crippen molar-refractivity contribution >= 4 is 20.9 Å². The molecule has 1 heterocycles. The Kier molecular flexibility index (Phi) is 3.57. The van der Waals surface area contributed by atoms with E-state index in [1.807, 2.05) is 6.07 Å². The first-order chi connectivity index (χ1) is 11.3. The zero-order valence-corrected chi connectivity index (χ0v) is 15.6. The van der Waals surface area contributed by atoms with Gasteiger partial charge in [0.1, 0.15) is 5.82 Å². The summed E-state index contributed by atoms with van der Waals surface area (Å²) in [6.45, 7) is 6.80. The Morgan fingerprint density at radius 3 is 2.58 bits per heavy atom. The van der Waals surface area contributed by atoms with Crippen LogP contribution in [0, 0.1) is 11.3 Å². The molecule has 2 aliphatic rings. The Morgan fingerprint density at radius 1 is 1.29 bits per heavy atom. The van der Waals surface area contributed by atoms with Crippen molar-refractivity contribution in [2.45, 2.75) is 69.6 Å².